The number of rotatable bonds is 3. The van der Waals surface area contributed by atoms with E-state index in [1.807, 2.05) is 0 Å². The molecular weight excluding hydrogens is 202 g/mol. The van der Waals surface area contributed by atoms with Crippen molar-refractivity contribution in [3.63, 3.8) is 0 Å². The van der Waals surface area contributed by atoms with Crippen molar-refractivity contribution in [3.8, 4) is 0 Å². The quantitative estimate of drug-likeness (QED) is 0.738. The van der Waals surface area contributed by atoms with Gasteiger partial charge in [0.25, 0.3) is 0 Å². The first kappa shape index (κ1) is 11.9. The summed E-state index contributed by atoms with van der Waals surface area (Å²) in [5, 5.41) is 0. The molecule has 3 nitrogen and oxygen atoms in total. The van der Waals surface area contributed by atoms with Gasteiger partial charge in [-0.1, -0.05) is 0 Å². The zero-order chi connectivity index (χ0) is 11.4. The molecule has 3 heteroatoms. The van der Waals surface area contributed by atoms with E-state index < -0.39 is 0 Å². The van der Waals surface area contributed by atoms with E-state index in [2.05, 4.69) is 11.8 Å². The van der Waals surface area contributed by atoms with Crippen LogP contribution in [-0.4, -0.2) is 36.1 Å². The van der Waals surface area contributed by atoms with Crippen LogP contribution in [0.1, 0.15) is 51.9 Å². The molecule has 0 unspecified atom stereocenters. The maximum atomic E-state index is 12.0. The van der Waals surface area contributed by atoms with Crippen molar-refractivity contribution >= 4 is 5.91 Å². The smallest absolute Gasteiger partial charge is 0.222 e. The SMILES string of the molecule is C[C@@H]1CCCCN1C(=O)CC[C@H]1CCCO1. The van der Waals surface area contributed by atoms with Crippen molar-refractivity contribution in [2.24, 2.45) is 0 Å². The molecule has 0 aromatic carbocycles. The summed E-state index contributed by atoms with van der Waals surface area (Å²) in [5.74, 6) is 0.336. The van der Waals surface area contributed by atoms with Gasteiger partial charge in [-0.15, -0.1) is 0 Å². The van der Waals surface area contributed by atoms with E-state index in [1.165, 1.54) is 25.7 Å². The molecule has 1 amide bonds. The number of piperidine rings is 1. The highest BCUT2D eigenvalue weighted by atomic mass is 16.5. The minimum Gasteiger partial charge on any atom is -0.378 e. The van der Waals surface area contributed by atoms with E-state index >= 15 is 0 Å². The van der Waals surface area contributed by atoms with Gasteiger partial charge < -0.3 is 9.64 Å². The van der Waals surface area contributed by atoms with Crippen LogP contribution >= 0.6 is 0 Å². The molecule has 16 heavy (non-hydrogen) atoms. The summed E-state index contributed by atoms with van der Waals surface area (Å²) in [7, 11) is 0. The fraction of sp³-hybridized carbons (Fsp3) is 0.923. The highest BCUT2D eigenvalue weighted by Gasteiger charge is 2.24. The third-order valence-electron chi connectivity index (χ3n) is 3.83. The number of carbonyl (C=O) groups excluding carboxylic acids is 1. The Kier molecular flexibility index (Phi) is 4.22. The molecule has 92 valence electrons. The second kappa shape index (κ2) is 5.67. The molecular formula is C13H23NO2. The highest BCUT2D eigenvalue weighted by Crippen LogP contribution is 2.20. The number of nitrogens with zero attached hydrogens (tertiary/aromatic N) is 1. The minimum atomic E-state index is 0.336. The van der Waals surface area contributed by atoms with Crippen molar-refractivity contribution in [2.45, 2.75) is 64.0 Å². The summed E-state index contributed by atoms with van der Waals surface area (Å²) in [6.07, 6.45) is 7.88. The summed E-state index contributed by atoms with van der Waals surface area (Å²) < 4.78 is 5.55. The zero-order valence-corrected chi connectivity index (χ0v) is 10.3. The van der Waals surface area contributed by atoms with Gasteiger partial charge in [0.1, 0.15) is 0 Å². The minimum absolute atomic E-state index is 0.336. The van der Waals surface area contributed by atoms with Crippen molar-refractivity contribution < 1.29 is 9.53 Å². The normalized spacial score (nSPS) is 30.7. The molecule has 2 heterocycles. The predicted molar refractivity (Wildman–Crippen MR) is 63.2 cm³/mol. The molecule has 0 radical (unpaired) electrons. The van der Waals surface area contributed by atoms with Gasteiger partial charge in [0.15, 0.2) is 0 Å². The molecule has 0 N–H and O–H groups in total. The van der Waals surface area contributed by atoms with Crippen molar-refractivity contribution in [2.75, 3.05) is 13.2 Å². The Labute approximate surface area is 98.1 Å². The topological polar surface area (TPSA) is 29.5 Å². The zero-order valence-electron chi connectivity index (χ0n) is 10.3. The third-order valence-corrected chi connectivity index (χ3v) is 3.83. The summed E-state index contributed by atoms with van der Waals surface area (Å²) in [5.41, 5.74) is 0. The lowest BCUT2D eigenvalue weighted by atomic mass is 10.0. The van der Waals surface area contributed by atoms with Gasteiger partial charge >= 0.3 is 0 Å². The number of hydrogen-bond acceptors (Lipinski definition) is 2. The maximum Gasteiger partial charge on any atom is 0.222 e. The average molecular weight is 225 g/mol. The number of hydrogen-bond donors (Lipinski definition) is 0. The third kappa shape index (κ3) is 2.97. The van der Waals surface area contributed by atoms with Gasteiger partial charge in [0.2, 0.25) is 5.91 Å². The van der Waals surface area contributed by atoms with Gasteiger partial charge in [-0.2, -0.15) is 0 Å². The lowest BCUT2D eigenvalue weighted by molar-refractivity contribution is -0.135. The van der Waals surface area contributed by atoms with Gasteiger partial charge in [-0.05, 0) is 45.4 Å². The first-order chi connectivity index (χ1) is 7.77. The van der Waals surface area contributed by atoms with Gasteiger partial charge in [0, 0.05) is 25.6 Å². The van der Waals surface area contributed by atoms with Crippen LogP contribution in [0.2, 0.25) is 0 Å². The van der Waals surface area contributed by atoms with Crippen molar-refractivity contribution in [3.05, 3.63) is 0 Å². The molecule has 0 spiro atoms. The summed E-state index contributed by atoms with van der Waals surface area (Å²) >= 11 is 0. The second-order valence-electron chi connectivity index (χ2n) is 5.11. The number of likely N-dealkylation sites (tertiary alicyclic amines) is 1. The summed E-state index contributed by atoms with van der Waals surface area (Å²) in [4.78, 5) is 14.1. The van der Waals surface area contributed by atoms with Crippen LogP contribution < -0.4 is 0 Å². The molecule has 2 saturated heterocycles. The molecule has 0 aromatic rings. The Morgan fingerprint density at radius 1 is 1.31 bits per heavy atom. The van der Waals surface area contributed by atoms with Gasteiger partial charge in [-0.25, -0.2) is 0 Å². The van der Waals surface area contributed by atoms with Gasteiger partial charge in [0.05, 0.1) is 6.10 Å². The molecule has 0 aliphatic carbocycles. The Morgan fingerprint density at radius 3 is 2.88 bits per heavy atom. The molecule has 0 bridgehead atoms. The standard InChI is InChI=1S/C13H23NO2/c1-11-5-2-3-9-14(11)13(15)8-7-12-6-4-10-16-12/h11-12H,2-10H2,1H3/t11-,12-/m1/s1. The van der Waals surface area contributed by atoms with Gasteiger partial charge in [-0.3, -0.25) is 4.79 Å². The van der Waals surface area contributed by atoms with Crippen LogP contribution in [-0.2, 0) is 9.53 Å². The largest absolute Gasteiger partial charge is 0.378 e. The Bertz CT molecular complexity index is 236. The number of carbonyl (C=O) groups is 1. The van der Waals surface area contributed by atoms with E-state index in [0.717, 1.165) is 26.0 Å². The molecule has 2 aliphatic rings. The average Bonchev–Trinajstić information content (AvgIpc) is 2.79. The monoisotopic (exact) mass is 225 g/mol. The van der Waals surface area contributed by atoms with E-state index in [-0.39, 0.29) is 0 Å². The lowest BCUT2D eigenvalue weighted by Crippen LogP contribution is -2.42. The first-order valence-electron chi connectivity index (χ1n) is 6.68. The summed E-state index contributed by atoms with van der Waals surface area (Å²) in [6, 6.07) is 0.450. The molecule has 0 saturated carbocycles. The first-order valence-corrected chi connectivity index (χ1v) is 6.68. The molecule has 2 aliphatic heterocycles. The van der Waals surface area contributed by atoms with Crippen LogP contribution in [0, 0.1) is 0 Å². The second-order valence-corrected chi connectivity index (χ2v) is 5.11. The molecule has 2 rings (SSSR count). The van der Waals surface area contributed by atoms with Crippen LogP contribution in [0.15, 0.2) is 0 Å². The van der Waals surface area contributed by atoms with Crippen molar-refractivity contribution in [1.29, 1.82) is 0 Å². The van der Waals surface area contributed by atoms with E-state index in [4.69, 9.17) is 4.74 Å². The number of ether oxygens (including phenoxy) is 1. The maximum absolute atomic E-state index is 12.0. The number of amides is 1. The molecule has 2 fully saturated rings. The van der Waals surface area contributed by atoms with E-state index in [0.29, 0.717) is 24.5 Å². The predicted octanol–water partition coefficient (Wildman–Crippen LogP) is 2.35. The summed E-state index contributed by atoms with van der Waals surface area (Å²) in [6.45, 7) is 4.02. The van der Waals surface area contributed by atoms with Crippen LogP contribution in [0.3, 0.4) is 0 Å². The Morgan fingerprint density at radius 2 is 2.19 bits per heavy atom. The van der Waals surface area contributed by atoms with E-state index in [1.54, 1.807) is 0 Å². The fourth-order valence-electron chi connectivity index (χ4n) is 2.77. The molecule has 2 atom stereocenters. The van der Waals surface area contributed by atoms with Crippen LogP contribution in [0.5, 0.6) is 0 Å². The Balaban J connectivity index is 1.73. The van der Waals surface area contributed by atoms with E-state index in [9.17, 15) is 4.79 Å². The molecule has 0 aromatic heterocycles. The highest BCUT2D eigenvalue weighted by molar-refractivity contribution is 5.76. The lowest BCUT2D eigenvalue weighted by Gasteiger charge is -2.33. The van der Waals surface area contributed by atoms with Crippen molar-refractivity contribution in [1.82, 2.24) is 4.90 Å². The van der Waals surface area contributed by atoms with Crippen LogP contribution in [0.4, 0.5) is 0 Å². The fourth-order valence-corrected chi connectivity index (χ4v) is 2.77. The Hall–Kier alpha value is -0.570. The van der Waals surface area contributed by atoms with Crippen LogP contribution in [0.25, 0.3) is 0 Å².